The third-order valence-corrected chi connectivity index (χ3v) is 4.20. The van der Waals surface area contributed by atoms with Crippen molar-refractivity contribution in [1.29, 1.82) is 0 Å². The molecule has 1 N–H and O–H groups in total. The van der Waals surface area contributed by atoms with Gasteiger partial charge in [-0.2, -0.15) is 0 Å². The maximum atomic E-state index is 11.1. The van der Waals surface area contributed by atoms with E-state index in [0.717, 1.165) is 24.6 Å². The van der Waals surface area contributed by atoms with E-state index in [1.165, 1.54) is 25.7 Å². The largest absolute Gasteiger partial charge is 0.382 e. The van der Waals surface area contributed by atoms with E-state index in [1.807, 2.05) is 6.07 Å². The standard InChI is InChI=1S/C15H21N3O2/c1-16-15-12(3-2-4-14(15)18(19)20)10-17(13-7-8-13)9-11-5-6-11/h2-4,11,13,16H,5-10H2,1H3. The highest BCUT2D eigenvalue weighted by atomic mass is 16.6. The maximum absolute atomic E-state index is 11.1. The molecule has 2 fully saturated rings. The Bertz CT molecular complexity index is 510. The Balaban J connectivity index is 1.80. The summed E-state index contributed by atoms with van der Waals surface area (Å²) in [5, 5.41) is 14.1. The fourth-order valence-corrected chi connectivity index (χ4v) is 2.79. The average Bonchev–Trinajstić information content (AvgIpc) is 3.29. The van der Waals surface area contributed by atoms with Crippen molar-refractivity contribution in [2.45, 2.75) is 38.3 Å². The SMILES string of the molecule is CNc1c(CN(CC2CC2)C2CC2)cccc1[N+](=O)[O-]. The second-order valence-corrected chi connectivity index (χ2v) is 5.92. The summed E-state index contributed by atoms with van der Waals surface area (Å²) in [6.45, 7) is 1.97. The lowest BCUT2D eigenvalue weighted by Gasteiger charge is -2.23. The quantitative estimate of drug-likeness (QED) is 0.614. The number of para-hydroxylation sites is 1. The lowest BCUT2D eigenvalue weighted by molar-refractivity contribution is -0.384. The zero-order chi connectivity index (χ0) is 14.1. The van der Waals surface area contributed by atoms with Gasteiger partial charge >= 0.3 is 0 Å². The number of hydrogen-bond donors (Lipinski definition) is 1. The van der Waals surface area contributed by atoms with Gasteiger partial charge in [-0.05, 0) is 37.2 Å². The van der Waals surface area contributed by atoms with Crippen molar-refractivity contribution < 1.29 is 4.92 Å². The highest BCUT2D eigenvalue weighted by molar-refractivity contribution is 5.66. The first-order chi connectivity index (χ1) is 9.69. The van der Waals surface area contributed by atoms with Crippen LogP contribution in [0.4, 0.5) is 11.4 Å². The summed E-state index contributed by atoms with van der Waals surface area (Å²) < 4.78 is 0. The first-order valence-corrected chi connectivity index (χ1v) is 7.37. The lowest BCUT2D eigenvalue weighted by atomic mass is 10.1. The Morgan fingerprint density at radius 2 is 2.10 bits per heavy atom. The van der Waals surface area contributed by atoms with Gasteiger partial charge < -0.3 is 5.32 Å². The highest BCUT2D eigenvalue weighted by Gasteiger charge is 2.34. The van der Waals surface area contributed by atoms with E-state index in [2.05, 4.69) is 10.2 Å². The van der Waals surface area contributed by atoms with Crippen molar-refractivity contribution in [1.82, 2.24) is 4.90 Å². The molecule has 5 heteroatoms. The molecule has 108 valence electrons. The van der Waals surface area contributed by atoms with Crippen LogP contribution in [0.2, 0.25) is 0 Å². The molecule has 5 nitrogen and oxygen atoms in total. The predicted molar refractivity (Wildman–Crippen MR) is 78.8 cm³/mol. The van der Waals surface area contributed by atoms with Crippen molar-refractivity contribution in [3.05, 3.63) is 33.9 Å². The molecular weight excluding hydrogens is 254 g/mol. The molecule has 0 atom stereocenters. The minimum absolute atomic E-state index is 0.173. The van der Waals surface area contributed by atoms with Crippen LogP contribution in [0.3, 0.4) is 0 Å². The first-order valence-electron chi connectivity index (χ1n) is 7.37. The van der Waals surface area contributed by atoms with Crippen LogP contribution >= 0.6 is 0 Å². The average molecular weight is 275 g/mol. The lowest BCUT2D eigenvalue weighted by Crippen LogP contribution is -2.28. The van der Waals surface area contributed by atoms with Gasteiger partial charge in [-0.15, -0.1) is 0 Å². The van der Waals surface area contributed by atoms with E-state index in [0.29, 0.717) is 11.7 Å². The van der Waals surface area contributed by atoms with E-state index in [-0.39, 0.29) is 10.6 Å². The molecular formula is C15H21N3O2. The summed E-state index contributed by atoms with van der Waals surface area (Å²) in [5.74, 6) is 0.854. The van der Waals surface area contributed by atoms with Crippen LogP contribution in [-0.4, -0.2) is 29.5 Å². The zero-order valence-corrected chi connectivity index (χ0v) is 11.8. The summed E-state index contributed by atoms with van der Waals surface area (Å²) in [7, 11) is 1.76. The topological polar surface area (TPSA) is 58.4 Å². The zero-order valence-electron chi connectivity index (χ0n) is 11.8. The maximum Gasteiger partial charge on any atom is 0.292 e. The summed E-state index contributed by atoms with van der Waals surface area (Å²) >= 11 is 0. The minimum Gasteiger partial charge on any atom is -0.382 e. The van der Waals surface area contributed by atoms with Gasteiger partial charge in [-0.1, -0.05) is 12.1 Å². The van der Waals surface area contributed by atoms with Crippen molar-refractivity contribution >= 4 is 11.4 Å². The smallest absolute Gasteiger partial charge is 0.292 e. The number of rotatable bonds is 7. The van der Waals surface area contributed by atoms with E-state index in [9.17, 15) is 10.1 Å². The number of benzene rings is 1. The molecule has 1 aromatic carbocycles. The number of nitrogens with one attached hydrogen (secondary N) is 1. The molecule has 0 amide bonds. The van der Waals surface area contributed by atoms with Gasteiger partial charge in [0.2, 0.25) is 0 Å². The summed E-state index contributed by atoms with van der Waals surface area (Å²) in [5.41, 5.74) is 1.88. The molecule has 0 radical (unpaired) electrons. The Labute approximate surface area is 119 Å². The van der Waals surface area contributed by atoms with Gasteiger partial charge in [0.15, 0.2) is 0 Å². The van der Waals surface area contributed by atoms with Crippen molar-refractivity contribution in [2.24, 2.45) is 5.92 Å². The second-order valence-electron chi connectivity index (χ2n) is 5.92. The van der Waals surface area contributed by atoms with Gasteiger partial charge in [-0.25, -0.2) is 0 Å². The van der Waals surface area contributed by atoms with Crippen LogP contribution in [-0.2, 0) is 6.54 Å². The molecule has 0 aromatic heterocycles. The second kappa shape index (κ2) is 5.40. The molecule has 2 aliphatic rings. The van der Waals surface area contributed by atoms with E-state index in [4.69, 9.17) is 0 Å². The number of nitrogens with zero attached hydrogens (tertiary/aromatic N) is 2. The fourth-order valence-electron chi connectivity index (χ4n) is 2.79. The van der Waals surface area contributed by atoms with E-state index >= 15 is 0 Å². The van der Waals surface area contributed by atoms with Gasteiger partial charge in [0, 0.05) is 32.2 Å². The van der Waals surface area contributed by atoms with E-state index < -0.39 is 0 Å². The summed E-state index contributed by atoms with van der Waals surface area (Å²) in [6, 6.07) is 6.05. The molecule has 0 bridgehead atoms. The normalized spacial score (nSPS) is 18.3. The fraction of sp³-hybridized carbons (Fsp3) is 0.600. The van der Waals surface area contributed by atoms with Crippen LogP contribution in [0.25, 0.3) is 0 Å². The molecule has 0 spiro atoms. The molecule has 3 rings (SSSR count). The third-order valence-electron chi connectivity index (χ3n) is 4.20. The molecule has 2 aliphatic carbocycles. The van der Waals surface area contributed by atoms with Crippen LogP contribution in [0.5, 0.6) is 0 Å². The van der Waals surface area contributed by atoms with Crippen LogP contribution in [0.1, 0.15) is 31.2 Å². The van der Waals surface area contributed by atoms with Gasteiger partial charge in [-0.3, -0.25) is 15.0 Å². The Hall–Kier alpha value is -1.62. The van der Waals surface area contributed by atoms with Gasteiger partial charge in [0.05, 0.1) is 4.92 Å². The van der Waals surface area contributed by atoms with Crippen molar-refractivity contribution in [2.75, 3.05) is 18.9 Å². The molecule has 0 aliphatic heterocycles. The highest BCUT2D eigenvalue weighted by Crippen LogP contribution is 2.37. The minimum atomic E-state index is -0.308. The summed E-state index contributed by atoms with van der Waals surface area (Å²) in [4.78, 5) is 13.3. The molecule has 20 heavy (non-hydrogen) atoms. The molecule has 0 heterocycles. The predicted octanol–water partition coefficient (Wildman–Crippen LogP) is 3.01. The number of anilines is 1. The Kier molecular flexibility index (Phi) is 3.61. The van der Waals surface area contributed by atoms with Gasteiger partial charge in [0.25, 0.3) is 5.69 Å². The molecule has 0 saturated heterocycles. The first kappa shape index (κ1) is 13.4. The number of nitro groups is 1. The molecule has 1 aromatic rings. The Morgan fingerprint density at radius 3 is 2.65 bits per heavy atom. The number of nitro benzene ring substituents is 1. The van der Waals surface area contributed by atoms with Crippen molar-refractivity contribution in [3.63, 3.8) is 0 Å². The Morgan fingerprint density at radius 1 is 1.35 bits per heavy atom. The van der Waals surface area contributed by atoms with Crippen molar-refractivity contribution in [3.8, 4) is 0 Å². The monoisotopic (exact) mass is 275 g/mol. The van der Waals surface area contributed by atoms with Gasteiger partial charge in [0.1, 0.15) is 5.69 Å². The summed E-state index contributed by atoms with van der Waals surface area (Å²) in [6.07, 6.45) is 5.24. The molecule has 2 saturated carbocycles. The third kappa shape index (κ3) is 2.93. The molecule has 0 unspecified atom stereocenters. The van der Waals surface area contributed by atoms with Crippen LogP contribution in [0, 0.1) is 16.0 Å². The van der Waals surface area contributed by atoms with Crippen LogP contribution in [0.15, 0.2) is 18.2 Å². The van der Waals surface area contributed by atoms with Crippen LogP contribution < -0.4 is 5.32 Å². The van der Waals surface area contributed by atoms with E-state index in [1.54, 1.807) is 19.2 Å². The number of hydrogen-bond acceptors (Lipinski definition) is 4.